The lowest BCUT2D eigenvalue weighted by Crippen LogP contribution is -2.43. The van der Waals surface area contributed by atoms with Crippen molar-refractivity contribution in [2.24, 2.45) is 0 Å². The highest BCUT2D eigenvalue weighted by Crippen LogP contribution is 2.19. The molecule has 130 valence electrons. The van der Waals surface area contributed by atoms with Crippen LogP contribution in [0.15, 0.2) is 32.7 Å². The minimum atomic E-state index is -3.94. The monoisotopic (exact) mass is 355 g/mol. The van der Waals surface area contributed by atoms with Gasteiger partial charge in [-0.05, 0) is 38.5 Å². The molecule has 0 saturated heterocycles. The number of rotatable bonds is 6. The van der Waals surface area contributed by atoms with Gasteiger partial charge in [0.05, 0.1) is 15.9 Å². The van der Waals surface area contributed by atoms with Crippen molar-refractivity contribution in [2.75, 3.05) is 0 Å². The highest BCUT2D eigenvalue weighted by molar-refractivity contribution is 7.89. The van der Waals surface area contributed by atoms with Crippen LogP contribution in [0.2, 0.25) is 0 Å². The van der Waals surface area contributed by atoms with Crippen molar-refractivity contribution in [3.63, 3.8) is 0 Å². The molecule has 0 fully saturated rings. The second kappa shape index (κ2) is 6.21. The van der Waals surface area contributed by atoms with E-state index in [-0.39, 0.29) is 23.3 Å². The number of carbonyl (C=O) groups is 1. The lowest BCUT2D eigenvalue weighted by molar-refractivity contribution is -0.137. The Hall–Kier alpha value is -2.46. The van der Waals surface area contributed by atoms with E-state index < -0.39 is 32.7 Å². The molecule has 0 amide bonds. The van der Waals surface area contributed by atoms with Crippen LogP contribution in [0.5, 0.6) is 0 Å². The number of nitrogens with one attached hydrogen (secondary N) is 3. The van der Waals surface area contributed by atoms with Gasteiger partial charge in [-0.2, -0.15) is 0 Å². The van der Waals surface area contributed by atoms with Crippen molar-refractivity contribution in [3.05, 3.63) is 38.9 Å². The van der Waals surface area contributed by atoms with Gasteiger partial charge in [-0.15, -0.1) is 0 Å². The average molecular weight is 355 g/mol. The third kappa shape index (κ3) is 4.09. The molecule has 0 unspecified atom stereocenters. The van der Waals surface area contributed by atoms with Crippen LogP contribution >= 0.6 is 0 Å². The standard InChI is InChI=1S/C14H17N3O6S/c1-14(2,6-5-11(18)19)17-24(22,23)8-3-4-9-10(7-8)16-13(21)12(20)15-9/h3-4,7,17H,5-6H2,1-2H3,(H,15,20)(H,16,21)(H,18,19). The van der Waals surface area contributed by atoms with Gasteiger partial charge in [-0.3, -0.25) is 14.4 Å². The summed E-state index contributed by atoms with van der Waals surface area (Å²) < 4.78 is 27.4. The van der Waals surface area contributed by atoms with E-state index in [0.717, 1.165) is 0 Å². The number of hydrogen-bond acceptors (Lipinski definition) is 5. The predicted molar refractivity (Wildman–Crippen MR) is 86.5 cm³/mol. The molecule has 0 saturated carbocycles. The molecule has 0 aliphatic heterocycles. The Morgan fingerprint density at radius 1 is 1.17 bits per heavy atom. The summed E-state index contributed by atoms with van der Waals surface area (Å²) in [7, 11) is -3.94. The first kappa shape index (κ1) is 17.9. The molecule has 0 spiro atoms. The molecule has 1 heterocycles. The zero-order valence-corrected chi connectivity index (χ0v) is 13.9. The van der Waals surface area contributed by atoms with Gasteiger partial charge in [0.1, 0.15) is 0 Å². The zero-order valence-electron chi connectivity index (χ0n) is 13.0. The average Bonchev–Trinajstić information content (AvgIpc) is 2.45. The molecular weight excluding hydrogens is 338 g/mol. The quantitative estimate of drug-likeness (QED) is 0.541. The van der Waals surface area contributed by atoms with Crippen LogP contribution in [0.25, 0.3) is 11.0 Å². The van der Waals surface area contributed by atoms with Crippen LogP contribution in [0.4, 0.5) is 0 Å². The van der Waals surface area contributed by atoms with E-state index in [2.05, 4.69) is 14.7 Å². The number of aliphatic carboxylic acids is 1. The third-order valence-electron chi connectivity index (χ3n) is 3.38. The lowest BCUT2D eigenvalue weighted by Gasteiger charge is -2.25. The summed E-state index contributed by atoms with van der Waals surface area (Å²) in [4.78, 5) is 37.8. The number of carboxylic acid groups (broad SMARTS) is 1. The fraction of sp³-hybridized carbons (Fsp3) is 0.357. The van der Waals surface area contributed by atoms with Crippen molar-refractivity contribution in [1.29, 1.82) is 0 Å². The van der Waals surface area contributed by atoms with Gasteiger partial charge in [-0.25, -0.2) is 13.1 Å². The van der Waals surface area contributed by atoms with Crippen LogP contribution in [-0.4, -0.2) is 35.0 Å². The number of carboxylic acids is 1. The van der Waals surface area contributed by atoms with Crippen LogP contribution < -0.4 is 15.8 Å². The van der Waals surface area contributed by atoms with E-state index in [1.54, 1.807) is 13.8 Å². The highest BCUT2D eigenvalue weighted by Gasteiger charge is 2.27. The van der Waals surface area contributed by atoms with Crippen molar-refractivity contribution < 1.29 is 18.3 Å². The summed E-state index contributed by atoms with van der Waals surface area (Å²) in [6.45, 7) is 3.15. The Bertz CT molecular complexity index is 1000. The second-order valence-corrected chi connectivity index (χ2v) is 7.68. The highest BCUT2D eigenvalue weighted by atomic mass is 32.2. The fourth-order valence-electron chi connectivity index (χ4n) is 2.15. The van der Waals surface area contributed by atoms with Crippen LogP contribution in [0.1, 0.15) is 26.7 Å². The Labute approximate surface area is 136 Å². The van der Waals surface area contributed by atoms with Crippen molar-refractivity contribution in [1.82, 2.24) is 14.7 Å². The van der Waals surface area contributed by atoms with E-state index in [9.17, 15) is 22.8 Å². The molecular formula is C14H17N3O6S. The topological polar surface area (TPSA) is 149 Å². The normalized spacial score (nSPS) is 12.4. The third-order valence-corrected chi connectivity index (χ3v) is 5.07. The molecule has 2 aromatic rings. The van der Waals surface area contributed by atoms with Gasteiger partial charge >= 0.3 is 17.1 Å². The summed E-state index contributed by atoms with van der Waals surface area (Å²) in [6.07, 6.45) is -0.0684. The maximum atomic E-state index is 12.5. The molecule has 10 heteroatoms. The van der Waals surface area contributed by atoms with Gasteiger partial charge in [0.25, 0.3) is 0 Å². The number of aromatic nitrogens is 2. The van der Waals surface area contributed by atoms with Crippen molar-refractivity contribution >= 4 is 27.0 Å². The molecule has 1 aromatic heterocycles. The van der Waals surface area contributed by atoms with Crippen LogP contribution in [0.3, 0.4) is 0 Å². The van der Waals surface area contributed by atoms with Gasteiger partial charge in [0.15, 0.2) is 0 Å². The number of sulfonamides is 1. The van der Waals surface area contributed by atoms with E-state index >= 15 is 0 Å². The summed E-state index contributed by atoms with van der Waals surface area (Å²) in [5.74, 6) is -1.02. The number of aromatic amines is 2. The van der Waals surface area contributed by atoms with E-state index in [1.165, 1.54) is 18.2 Å². The van der Waals surface area contributed by atoms with Gasteiger partial charge in [0, 0.05) is 12.0 Å². The minimum Gasteiger partial charge on any atom is -0.481 e. The second-order valence-electron chi connectivity index (χ2n) is 6.00. The van der Waals surface area contributed by atoms with Crippen LogP contribution in [-0.2, 0) is 14.8 Å². The first-order valence-corrected chi connectivity index (χ1v) is 8.51. The Kier molecular flexibility index (Phi) is 4.63. The lowest BCUT2D eigenvalue weighted by atomic mass is 10.0. The molecule has 9 nitrogen and oxygen atoms in total. The van der Waals surface area contributed by atoms with E-state index in [1.807, 2.05) is 0 Å². The maximum Gasteiger partial charge on any atom is 0.314 e. The molecule has 4 N–H and O–H groups in total. The maximum absolute atomic E-state index is 12.5. The Balaban J connectivity index is 2.37. The summed E-state index contributed by atoms with van der Waals surface area (Å²) in [6, 6.07) is 3.87. The van der Waals surface area contributed by atoms with Gasteiger partial charge < -0.3 is 15.1 Å². The van der Waals surface area contributed by atoms with Crippen molar-refractivity contribution in [3.8, 4) is 0 Å². The predicted octanol–water partition coefficient (Wildman–Crippen LogP) is 0.138. The van der Waals surface area contributed by atoms with Gasteiger partial charge in [-0.1, -0.05) is 0 Å². The molecule has 0 aliphatic carbocycles. The zero-order chi connectivity index (χ0) is 18.1. The molecule has 1 aromatic carbocycles. The van der Waals surface area contributed by atoms with E-state index in [4.69, 9.17) is 5.11 Å². The summed E-state index contributed by atoms with van der Waals surface area (Å²) >= 11 is 0. The fourth-order valence-corrected chi connectivity index (χ4v) is 3.62. The molecule has 24 heavy (non-hydrogen) atoms. The number of hydrogen-bond donors (Lipinski definition) is 4. The number of H-pyrrole nitrogens is 2. The largest absolute Gasteiger partial charge is 0.481 e. The minimum absolute atomic E-state index is 0.110. The Morgan fingerprint density at radius 2 is 1.75 bits per heavy atom. The molecule has 0 atom stereocenters. The summed E-state index contributed by atoms with van der Waals surface area (Å²) in [5.41, 5.74) is -2.21. The first-order valence-electron chi connectivity index (χ1n) is 7.02. The molecule has 0 radical (unpaired) electrons. The molecule has 0 aliphatic rings. The summed E-state index contributed by atoms with van der Waals surface area (Å²) in [5, 5.41) is 8.72. The first-order chi connectivity index (χ1) is 11.0. The smallest absolute Gasteiger partial charge is 0.314 e. The molecule has 0 bridgehead atoms. The van der Waals surface area contributed by atoms with E-state index in [0.29, 0.717) is 5.52 Å². The van der Waals surface area contributed by atoms with Crippen LogP contribution in [0, 0.1) is 0 Å². The number of fused-ring (bicyclic) bond motifs is 1. The van der Waals surface area contributed by atoms with Crippen molar-refractivity contribution in [2.45, 2.75) is 37.1 Å². The number of benzene rings is 1. The van der Waals surface area contributed by atoms with Gasteiger partial charge in [0.2, 0.25) is 10.0 Å². The SMILES string of the molecule is CC(C)(CCC(=O)O)NS(=O)(=O)c1ccc2[nH]c(=O)c(=O)[nH]c2c1. The molecule has 2 rings (SSSR count). The Morgan fingerprint density at radius 3 is 2.33 bits per heavy atom.